The summed E-state index contributed by atoms with van der Waals surface area (Å²) >= 11 is 0. The number of anilines is 2. The van der Waals surface area contributed by atoms with Crippen LogP contribution in [0.2, 0.25) is 0 Å². The fraction of sp³-hybridized carbons (Fsp3) is 0.235. The Labute approximate surface area is 228 Å². The lowest BCUT2D eigenvalue weighted by atomic mass is 10.1. The Morgan fingerprint density at radius 3 is 1.34 bits per heavy atom. The van der Waals surface area contributed by atoms with Gasteiger partial charge in [-0.05, 0) is 81.3 Å². The molecular weight excluding hydrogens is 464 g/mol. The molecule has 0 N–H and O–H groups in total. The highest BCUT2D eigenvalue weighted by molar-refractivity contribution is 5.74. The topological polar surface area (TPSA) is 32.3 Å². The van der Waals surface area contributed by atoms with Gasteiger partial charge in [-0.15, -0.1) is 0 Å². The van der Waals surface area contributed by atoms with Crippen LogP contribution in [0.15, 0.2) is 84.9 Å². The van der Waals surface area contributed by atoms with Crippen LogP contribution in [0.3, 0.4) is 0 Å². The zero-order valence-corrected chi connectivity index (χ0v) is 23.0. The molecule has 0 fully saturated rings. The number of hydrogen-bond acceptors (Lipinski definition) is 4. The van der Waals surface area contributed by atoms with E-state index in [1.54, 1.807) is 0 Å². The second-order valence-electron chi connectivity index (χ2n) is 9.10. The predicted molar refractivity (Wildman–Crippen MR) is 165 cm³/mol. The van der Waals surface area contributed by atoms with Crippen molar-refractivity contribution in [2.24, 2.45) is 0 Å². The van der Waals surface area contributed by atoms with Crippen LogP contribution in [0.25, 0.3) is 35.7 Å². The van der Waals surface area contributed by atoms with Gasteiger partial charge in [0.25, 0.3) is 0 Å². The number of rotatable bonds is 11. The molecule has 38 heavy (non-hydrogen) atoms. The highest BCUT2D eigenvalue weighted by Crippen LogP contribution is 2.21. The van der Waals surface area contributed by atoms with Crippen LogP contribution in [0, 0.1) is 0 Å². The van der Waals surface area contributed by atoms with Gasteiger partial charge >= 0.3 is 0 Å². The summed E-state index contributed by atoms with van der Waals surface area (Å²) in [4.78, 5) is 14.4. The summed E-state index contributed by atoms with van der Waals surface area (Å²) in [5.74, 6) is 0.723. The molecule has 1 aromatic heterocycles. The molecule has 4 nitrogen and oxygen atoms in total. The van der Waals surface area contributed by atoms with Crippen LogP contribution >= 0.6 is 0 Å². The number of aromatic nitrogens is 2. The van der Waals surface area contributed by atoms with Gasteiger partial charge in [0.15, 0.2) is 5.82 Å². The lowest BCUT2D eigenvalue weighted by Crippen LogP contribution is -2.21. The molecule has 0 amide bonds. The minimum atomic E-state index is 0.723. The van der Waals surface area contributed by atoms with E-state index in [-0.39, 0.29) is 0 Å². The van der Waals surface area contributed by atoms with Gasteiger partial charge in [0.1, 0.15) is 0 Å². The van der Waals surface area contributed by atoms with Gasteiger partial charge in [-0.25, -0.2) is 9.97 Å². The molecule has 4 heteroatoms. The van der Waals surface area contributed by atoms with Crippen molar-refractivity contribution in [1.29, 1.82) is 0 Å². The minimum Gasteiger partial charge on any atom is -0.372 e. The van der Waals surface area contributed by atoms with E-state index in [4.69, 9.17) is 9.97 Å². The highest BCUT2D eigenvalue weighted by atomic mass is 15.1. The van der Waals surface area contributed by atoms with Crippen molar-refractivity contribution in [3.8, 4) is 11.4 Å². The molecule has 1 heterocycles. The van der Waals surface area contributed by atoms with Crippen LogP contribution in [-0.4, -0.2) is 36.1 Å². The van der Waals surface area contributed by atoms with Crippen molar-refractivity contribution < 1.29 is 0 Å². The summed E-state index contributed by atoms with van der Waals surface area (Å²) < 4.78 is 0. The molecule has 0 unspecified atom stereocenters. The molecule has 3 aromatic carbocycles. The fourth-order valence-corrected chi connectivity index (χ4v) is 4.51. The lowest BCUT2D eigenvalue weighted by Gasteiger charge is -2.20. The molecule has 0 saturated carbocycles. The summed E-state index contributed by atoms with van der Waals surface area (Å²) in [5.41, 5.74) is 7.55. The van der Waals surface area contributed by atoms with E-state index in [2.05, 4.69) is 110 Å². The quantitative estimate of drug-likeness (QED) is 0.207. The second kappa shape index (κ2) is 13.4. The van der Waals surface area contributed by atoms with Crippen molar-refractivity contribution in [1.82, 2.24) is 9.97 Å². The third kappa shape index (κ3) is 6.98. The van der Waals surface area contributed by atoms with E-state index in [0.717, 1.165) is 60.1 Å². The van der Waals surface area contributed by atoms with Gasteiger partial charge < -0.3 is 9.80 Å². The summed E-state index contributed by atoms with van der Waals surface area (Å²) in [5, 5.41) is 0. The molecule has 4 aromatic rings. The Bertz CT molecular complexity index is 1250. The molecule has 0 aliphatic heterocycles. The van der Waals surface area contributed by atoms with Crippen molar-refractivity contribution in [2.45, 2.75) is 27.7 Å². The van der Waals surface area contributed by atoms with E-state index in [1.807, 2.05) is 36.4 Å². The maximum atomic E-state index is 4.85. The molecule has 0 radical (unpaired) electrons. The highest BCUT2D eigenvalue weighted by Gasteiger charge is 2.06. The molecule has 0 aliphatic carbocycles. The van der Waals surface area contributed by atoms with Gasteiger partial charge in [0, 0.05) is 43.1 Å². The molecule has 194 valence electrons. The van der Waals surface area contributed by atoms with E-state index in [9.17, 15) is 0 Å². The van der Waals surface area contributed by atoms with E-state index in [0.29, 0.717) is 0 Å². The normalized spacial score (nSPS) is 11.4. The van der Waals surface area contributed by atoms with Crippen molar-refractivity contribution in [3.63, 3.8) is 0 Å². The van der Waals surface area contributed by atoms with E-state index < -0.39 is 0 Å². The van der Waals surface area contributed by atoms with Crippen LogP contribution in [0.4, 0.5) is 11.4 Å². The first-order valence-corrected chi connectivity index (χ1v) is 13.6. The summed E-state index contributed by atoms with van der Waals surface area (Å²) in [7, 11) is 0. The number of hydrogen-bond donors (Lipinski definition) is 0. The van der Waals surface area contributed by atoms with Gasteiger partial charge in [-0.1, -0.05) is 66.7 Å². The van der Waals surface area contributed by atoms with E-state index >= 15 is 0 Å². The van der Waals surface area contributed by atoms with Crippen LogP contribution in [0.1, 0.15) is 50.2 Å². The van der Waals surface area contributed by atoms with Gasteiger partial charge in [0.2, 0.25) is 0 Å². The average Bonchev–Trinajstić information content (AvgIpc) is 2.98. The first-order chi connectivity index (χ1) is 18.6. The monoisotopic (exact) mass is 502 g/mol. The molecular formula is C34H38N4. The standard InChI is InChI=1S/C34H38N4/c1-5-37(6-2)32-22-16-27(17-23-32)14-20-30-26-31(36-34(35-30)29-12-10-9-11-13-29)21-15-28-18-24-33(25-19-28)38(7-3)8-4/h9-26H,5-8H2,1-4H3/b20-14+,21-15+. The summed E-state index contributed by atoms with van der Waals surface area (Å²) in [6.45, 7) is 12.8. The number of nitrogens with zero attached hydrogens (tertiary/aromatic N) is 4. The van der Waals surface area contributed by atoms with Crippen LogP contribution in [0.5, 0.6) is 0 Å². The smallest absolute Gasteiger partial charge is 0.160 e. The maximum Gasteiger partial charge on any atom is 0.160 e. The first kappa shape index (κ1) is 26.9. The first-order valence-electron chi connectivity index (χ1n) is 13.6. The molecule has 0 saturated heterocycles. The lowest BCUT2D eigenvalue weighted by molar-refractivity contribution is 0.866. The average molecular weight is 503 g/mol. The molecule has 0 spiro atoms. The Morgan fingerprint density at radius 2 is 0.947 bits per heavy atom. The Kier molecular flexibility index (Phi) is 9.47. The Hall–Kier alpha value is -4.18. The molecule has 0 aliphatic rings. The van der Waals surface area contributed by atoms with Crippen molar-refractivity contribution >= 4 is 35.7 Å². The second-order valence-corrected chi connectivity index (χ2v) is 9.10. The van der Waals surface area contributed by atoms with E-state index in [1.165, 1.54) is 11.4 Å². The predicted octanol–water partition coefficient (Wildman–Crippen LogP) is 8.18. The van der Waals surface area contributed by atoms with Gasteiger partial charge in [-0.2, -0.15) is 0 Å². The van der Waals surface area contributed by atoms with Gasteiger partial charge in [-0.3, -0.25) is 0 Å². The van der Waals surface area contributed by atoms with Crippen molar-refractivity contribution in [3.05, 3.63) is 107 Å². The maximum absolute atomic E-state index is 4.85. The fourth-order valence-electron chi connectivity index (χ4n) is 4.51. The van der Waals surface area contributed by atoms with Crippen molar-refractivity contribution in [2.75, 3.05) is 36.0 Å². The zero-order chi connectivity index (χ0) is 26.7. The molecule has 4 rings (SSSR count). The Morgan fingerprint density at radius 1 is 0.526 bits per heavy atom. The number of benzene rings is 3. The Balaban J connectivity index is 1.60. The summed E-state index contributed by atoms with van der Waals surface area (Å²) in [6.07, 6.45) is 8.36. The van der Waals surface area contributed by atoms with Gasteiger partial charge in [0.05, 0.1) is 11.4 Å². The van der Waals surface area contributed by atoms with Crippen LogP contribution in [-0.2, 0) is 0 Å². The molecule has 0 bridgehead atoms. The zero-order valence-electron chi connectivity index (χ0n) is 23.0. The third-order valence-electron chi connectivity index (χ3n) is 6.73. The third-order valence-corrected chi connectivity index (χ3v) is 6.73. The summed E-state index contributed by atoms with van der Waals surface area (Å²) in [6, 6.07) is 29.6. The van der Waals surface area contributed by atoms with Crippen LogP contribution < -0.4 is 9.80 Å². The minimum absolute atomic E-state index is 0.723. The largest absolute Gasteiger partial charge is 0.372 e. The SMILES string of the molecule is CCN(CC)c1ccc(/C=C/c2cc(/C=C/c3ccc(N(CC)CC)cc3)nc(-c3ccccc3)n2)cc1. The molecule has 0 atom stereocenters.